The molecule has 1 aromatic carbocycles. The van der Waals surface area contributed by atoms with E-state index in [1.54, 1.807) is 12.1 Å². The van der Waals surface area contributed by atoms with E-state index in [9.17, 15) is 4.39 Å². The first-order valence-electron chi connectivity index (χ1n) is 6.84. The molecule has 3 heteroatoms. The van der Waals surface area contributed by atoms with Crippen molar-refractivity contribution in [2.45, 2.75) is 26.7 Å². The number of hydrogen-bond acceptors (Lipinski definition) is 2. The molecule has 1 N–H and O–H groups in total. The number of rotatable bonds is 4. The smallest absolute Gasteiger partial charge is 0.125 e. The molecule has 0 spiro atoms. The zero-order chi connectivity index (χ0) is 13.0. The SMILES string of the molecule is CCN(CC1(C)CCNCC1)c1cccc(F)c1. The Hall–Kier alpha value is -1.09. The van der Waals surface area contributed by atoms with Crippen molar-refractivity contribution in [3.05, 3.63) is 30.1 Å². The Labute approximate surface area is 109 Å². The minimum Gasteiger partial charge on any atom is -0.371 e. The molecule has 1 aliphatic rings. The van der Waals surface area contributed by atoms with Crippen LogP contribution in [-0.2, 0) is 0 Å². The van der Waals surface area contributed by atoms with Crippen LogP contribution in [0.25, 0.3) is 0 Å². The Kier molecular flexibility index (Phi) is 4.23. The Morgan fingerprint density at radius 2 is 2.06 bits per heavy atom. The molecule has 1 aliphatic heterocycles. The predicted octanol–water partition coefficient (Wildman–Crippen LogP) is 3.04. The molecule has 1 saturated heterocycles. The second kappa shape index (κ2) is 5.70. The van der Waals surface area contributed by atoms with E-state index in [1.807, 2.05) is 6.07 Å². The molecule has 2 rings (SSSR count). The fourth-order valence-electron chi connectivity index (χ4n) is 2.71. The second-order valence-corrected chi connectivity index (χ2v) is 5.55. The molecule has 1 aromatic rings. The van der Waals surface area contributed by atoms with Crippen molar-refractivity contribution in [1.82, 2.24) is 5.32 Å². The van der Waals surface area contributed by atoms with Gasteiger partial charge < -0.3 is 10.2 Å². The number of hydrogen-bond donors (Lipinski definition) is 1. The molecule has 1 fully saturated rings. The molecule has 0 aliphatic carbocycles. The molecule has 0 bridgehead atoms. The first-order chi connectivity index (χ1) is 8.63. The van der Waals surface area contributed by atoms with Gasteiger partial charge in [0.05, 0.1) is 0 Å². The number of benzene rings is 1. The Morgan fingerprint density at radius 3 is 2.67 bits per heavy atom. The van der Waals surface area contributed by atoms with Gasteiger partial charge in [-0.1, -0.05) is 13.0 Å². The molecule has 0 amide bonds. The third kappa shape index (κ3) is 3.22. The zero-order valence-corrected chi connectivity index (χ0v) is 11.4. The maximum atomic E-state index is 13.3. The minimum atomic E-state index is -0.151. The van der Waals surface area contributed by atoms with Crippen LogP contribution in [0, 0.1) is 11.2 Å². The molecule has 2 nitrogen and oxygen atoms in total. The van der Waals surface area contributed by atoms with Gasteiger partial charge in [0, 0.05) is 18.8 Å². The third-order valence-electron chi connectivity index (χ3n) is 3.94. The largest absolute Gasteiger partial charge is 0.371 e. The lowest BCUT2D eigenvalue weighted by Gasteiger charge is -2.39. The van der Waals surface area contributed by atoms with Gasteiger partial charge in [-0.25, -0.2) is 4.39 Å². The summed E-state index contributed by atoms with van der Waals surface area (Å²) in [6.45, 7) is 8.60. The van der Waals surface area contributed by atoms with Gasteiger partial charge in [0.25, 0.3) is 0 Å². The van der Waals surface area contributed by atoms with E-state index in [0.29, 0.717) is 5.41 Å². The van der Waals surface area contributed by atoms with E-state index in [1.165, 1.54) is 18.9 Å². The number of piperidine rings is 1. The summed E-state index contributed by atoms with van der Waals surface area (Å²) < 4.78 is 13.3. The van der Waals surface area contributed by atoms with Crippen LogP contribution in [-0.4, -0.2) is 26.2 Å². The molecule has 0 saturated carbocycles. The maximum absolute atomic E-state index is 13.3. The molecule has 0 aromatic heterocycles. The third-order valence-corrected chi connectivity index (χ3v) is 3.94. The van der Waals surface area contributed by atoms with Gasteiger partial charge in [0.2, 0.25) is 0 Å². The molecule has 1 heterocycles. The summed E-state index contributed by atoms with van der Waals surface area (Å²) in [7, 11) is 0. The summed E-state index contributed by atoms with van der Waals surface area (Å²) >= 11 is 0. The highest BCUT2D eigenvalue weighted by Crippen LogP contribution is 2.30. The molecule has 18 heavy (non-hydrogen) atoms. The predicted molar refractivity (Wildman–Crippen MR) is 74.5 cm³/mol. The fourth-order valence-corrected chi connectivity index (χ4v) is 2.71. The van der Waals surface area contributed by atoms with Crippen molar-refractivity contribution < 1.29 is 4.39 Å². The van der Waals surface area contributed by atoms with Gasteiger partial charge in [0.1, 0.15) is 5.82 Å². The number of halogens is 1. The molecular formula is C15H23FN2. The summed E-state index contributed by atoms with van der Waals surface area (Å²) in [5.41, 5.74) is 1.34. The van der Waals surface area contributed by atoms with Crippen molar-refractivity contribution in [2.24, 2.45) is 5.41 Å². The quantitative estimate of drug-likeness (QED) is 0.883. The lowest BCUT2D eigenvalue weighted by atomic mass is 9.80. The first-order valence-corrected chi connectivity index (χ1v) is 6.84. The van der Waals surface area contributed by atoms with Crippen molar-refractivity contribution in [2.75, 3.05) is 31.1 Å². The summed E-state index contributed by atoms with van der Waals surface area (Å²) in [6.07, 6.45) is 2.39. The number of nitrogens with zero attached hydrogens (tertiary/aromatic N) is 1. The van der Waals surface area contributed by atoms with Crippen molar-refractivity contribution in [3.8, 4) is 0 Å². The topological polar surface area (TPSA) is 15.3 Å². The van der Waals surface area contributed by atoms with Gasteiger partial charge in [-0.2, -0.15) is 0 Å². The zero-order valence-electron chi connectivity index (χ0n) is 11.4. The lowest BCUT2D eigenvalue weighted by molar-refractivity contribution is 0.234. The molecule has 0 radical (unpaired) electrons. The van der Waals surface area contributed by atoms with Crippen LogP contribution in [0.2, 0.25) is 0 Å². The lowest BCUT2D eigenvalue weighted by Crippen LogP contribution is -2.43. The molecular weight excluding hydrogens is 227 g/mol. The van der Waals surface area contributed by atoms with E-state index in [-0.39, 0.29) is 5.82 Å². The van der Waals surface area contributed by atoms with Crippen LogP contribution >= 0.6 is 0 Å². The van der Waals surface area contributed by atoms with Gasteiger partial charge >= 0.3 is 0 Å². The van der Waals surface area contributed by atoms with E-state index in [2.05, 4.69) is 24.1 Å². The van der Waals surface area contributed by atoms with Gasteiger partial charge in [-0.05, 0) is 56.5 Å². The van der Waals surface area contributed by atoms with Crippen LogP contribution in [0.5, 0.6) is 0 Å². The van der Waals surface area contributed by atoms with Crippen LogP contribution in [0.4, 0.5) is 10.1 Å². The summed E-state index contributed by atoms with van der Waals surface area (Å²) in [5.74, 6) is -0.151. The van der Waals surface area contributed by atoms with Crippen LogP contribution in [0.15, 0.2) is 24.3 Å². The number of nitrogens with one attached hydrogen (secondary N) is 1. The Morgan fingerprint density at radius 1 is 1.33 bits per heavy atom. The van der Waals surface area contributed by atoms with Gasteiger partial charge in [-0.3, -0.25) is 0 Å². The van der Waals surface area contributed by atoms with Crippen LogP contribution in [0.3, 0.4) is 0 Å². The van der Waals surface area contributed by atoms with E-state index in [4.69, 9.17) is 0 Å². The highest BCUT2D eigenvalue weighted by Gasteiger charge is 2.28. The fraction of sp³-hybridized carbons (Fsp3) is 0.600. The van der Waals surface area contributed by atoms with E-state index < -0.39 is 0 Å². The van der Waals surface area contributed by atoms with E-state index >= 15 is 0 Å². The number of anilines is 1. The van der Waals surface area contributed by atoms with Crippen molar-refractivity contribution >= 4 is 5.69 Å². The van der Waals surface area contributed by atoms with E-state index in [0.717, 1.165) is 31.9 Å². The Balaban J connectivity index is 2.09. The van der Waals surface area contributed by atoms with Crippen molar-refractivity contribution in [3.63, 3.8) is 0 Å². The monoisotopic (exact) mass is 250 g/mol. The first kappa shape index (κ1) is 13.3. The Bertz CT molecular complexity index is 386. The normalized spacial score (nSPS) is 18.6. The summed E-state index contributed by atoms with van der Waals surface area (Å²) in [6, 6.07) is 6.92. The average molecular weight is 250 g/mol. The second-order valence-electron chi connectivity index (χ2n) is 5.55. The highest BCUT2D eigenvalue weighted by molar-refractivity contribution is 5.46. The minimum absolute atomic E-state index is 0.151. The molecule has 100 valence electrons. The molecule has 0 unspecified atom stereocenters. The standard InChI is InChI=1S/C15H23FN2/c1-3-18(14-6-4-5-13(16)11-14)12-15(2)7-9-17-10-8-15/h4-6,11,17H,3,7-10,12H2,1-2H3. The molecule has 0 atom stereocenters. The maximum Gasteiger partial charge on any atom is 0.125 e. The summed E-state index contributed by atoms with van der Waals surface area (Å²) in [5, 5.41) is 3.40. The van der Waals surface area contributed by atoms with Crippen LogP contribution < -0.4 is 10.2 Å². The van der Waals surface area contributed by atoms with Crippen molar-refractivity contribution in [1.29, 1.82) is 0 Å². The summed E-state index contributed by atoms with van der Waals surface area (Å²) in [4.78, 5) is 2.29. The van der Waals surface area contributed by atoms with Gasteiger partial charge in [0.15, 0.2) is 0 Å². The van der Waals surface area contributed by atoms with Crippen LogP contribution in [0.1, 0.15) is 26.7 Å². The average Bonchev–Trinajstić information content (AvgIpc) is 2.37. The highest BCUT2D eigenvalue weighted by atomic mass is 19.1. The van der Waals surface area contributed by atoms with Gasteiger partial charge in [-0.15, -0.1) is 0 Å².